The first-order valence-electron chi connectivity index (χ1n) is 7.10. The van der Waals surface area contributed by atoms with Gasteiger partial charge in [0.25, 0.3) is 5.88 Å². The molecule has 1 heterocycles. The molecule has 0 amide bonds. The maximum absolute atomic E-state index is 5.93. The van der Waals surface area contributed by atoms with Gasteiger partial charge in [0.1, 0.15) is 12.4 Å². The van der Waals surface area contributed by atoms with E-state index in [1.54, 1.807) is 7.11 Å². The molecule has 112 valence electrons. The Kier molecular flexibility index (Phi) is 5.37. The number of hydrogen-bond acceptors (Lipinski definition) is 5. The fraction of sp³-hybridized carbons (Fsp3) is 0.375. The summed E-state index contributed by atoms with van der Waals surface area (Å²) in [5, 5.41) is 3.21. The standard InChI is InChI=1S/C16H21N3O2/c1-4-10-17-15-14(20-3)16(19-11-18-15)21-12(2)13-8-6-5-7-9-13/h5-9,11-12H,4,10H2,1-3H3,(H,17,18,19). The summed E-state index contributed by atoms with van der Waals surface area (Å²) in [6, 6.07) is 10.00. The maximum atomic E-state index is 5.93. The molecule has 0 saturated carbocycles. The second-order valence-corrected chi connectivity index (χ2v) is 4.66. The van der Waals surface area contributed by atoms with E-state index in [0.717, 1.165) is 18.5 Å². The van der Waals surface area contributed by atoms with Crippen LogP contribution in [0.4, 0.5) is 5.82 Å². The summed E-state index contributed by atoms with van der Waals surface area (Å²) in [7, 11) is 1.59. The van der Waals surface area contributed by atoms with Gasteiger partial charge in [0.05, 0.1) is 7.11 Å². The highest BCUT2D eigenvalue weighted by atomic mass is 16.5. The molecule has 0 bridgehead atoms. The monoisotopic (exact) mass is 287 g/mol. The molecule has 5 heteroatoms. The zero-order chi connectivity index (χ0) is 15.1. The van der Waals surface area contributed by atoms with E-state index in [-0.39, 0.29) is 6.10 Å². The molecule has 2 rings (SSSR count). The number of hydrogen-bond donors (Lipinski definition) is 1. The van der Waals surface area contributed by atoms with Crippen LogP contribution in [-0.4, -0.2) is 23.6 Å². The molecule has 0 fully saturated rings. The SMILES string of the molecule is CCCNc1ncnc(OC(C)c2ccccc2)c1OC. The van der Waals surface area contributed by atoms with Crippen molar-refractivity contribution in [3.63, 3.8) is 0 Å². The van der Waals surface area contributed by atoms with Gasteiger partial charge in [0, 0.05) is 6.54 Å². The van der Waals surface area contributed by atoms with E-state index in [2.05, 4.69) is 22.2 Å². The van der Waals surface area contributed by atoms with Gasteiger partial charge >= 0.3 is 0 Å². The van der Waals surface area contributed by atoms with Crippen LogP contribution in [0.2, 0.25) is 0 Å². The molecule has 5 nitrogen and oxygen atoms in total. The summed E-state index contributed by atoms with van der Waals surface area (Å²) in [6.07, 6.45) is 2.37. The minimum Gasteiger partial charge on any atom is -0.489 e. The Labute approximate surface area is 125 Å². The summed E-state index contributed by atoms with van der Waals surface area (Å²) in [4.78, 5) is 8.39. The molecule has 0 saturated heterocycles. The second-order valence-electron chi connectivity index (χ2n) is 4.66. The van der Waals surface area contributed by atoms with Crippen LogP contribution in [0.3, 0.4) is 0 Å². The van der Waals surface area contributed by atoms with Crippen molar-refractivity contribution in [1.82, 2.24) is 9.97 Å². The lowest BCUT2D eigenvalue weighted by molar-refractivity contribution is 0.206. The Balaban J connectivity index is 2.19. The molecule has 1 aromatic heterocycles. The molecule has 1 N–H and O–H groups in total. The Morgan fingerprint density at radius 2 is 1.95 bits per heavy atom. The quantitative estimate of drug-likeness (QED) is 0.845. The van der Waals surface area contributed by atoms with Crippen molar-refractivity contribution < 1.29 is 9.47 Å². The van der Waals surface area contributed by atoms with E-state index in [0.29, 0.717) is 17.4 Å². The molecular weight excluding hydrogens is 266 g/mol. The molecular formula is C16H21N3O2. The summed E-state index contributed by atoms with van der Waals surface area (Å²) in [5.74, 6) is 1.64. The lowest BCUT2D eigenvalue weighted by atomic mass is 10.1. The lowest BCUT2D eigenvalue weighted by Crippen LogP contribution is -2.09. The van der Waals surface area contributed by atoms with Crippen molar-refractivity contribution in [2.24, 2.45) is 0 Å². The predicted molar refractivity (Wildman–Crippen MR) is 82.8 cm³/mol. The molecule has 2 aromatic rings. The first-order chi connectivity index (χ1) is 10.3. The third kappa shape index (κ3) is 3.84. The van der Waals surface area contributed by atoms with Crippen LogP contribution in [0.25, 0.3) is 0 Å². The van der Waals surface area contributed by atoms with Crippen LogP contribution in [0, 0.1) is 0 Å². The van der Waals surface area contributed by atoms with E-state index < -0.39 is 0 Å². The number of anilines is 1. The number of aromatic nitrogens is 2. The summed E-state index contributed by atoms with van der Waals surface area (Å²) < 4.78 is 11.3. The molecule has 21 heavy (non-hydrogen) atoms. The van der Waals surface area contributed by atoms with Gasteiger partial charge in [-0.15, -0.1) is 0 Å². The zero-order valence-electron chi connectivity index (χ0n) is 12.7. The van der Waals surface area contributed by atoms with E-state index >= 15 is 0 Å². The van der Waals surface area contributed by atoms with Crippen LogP contribution < -0.4 is 14.8 Å². The first-order valence-corrected chi connectivity index (χ1v) is 7.10. The Morgan fingerprint density at radius 1 is 1.19 bits per heavy atom. The average molecular weight is 287 g/mol. The molecule has 0 aliphatic heterocycles. The van der Waals surface area contributed by atoms with Crippen molar-refractivity contribution in [3.8, 4) is 11.6 Å². The minimum absolute atomic E-state index is 0.117. The smallest absolute Gasteiger partial charge is 0.263 e. The van der Waals surface area contributed by atoms with Gasteiger partial charge in [-0.2, -0.15) is 4.98 Å². The van der Waals surface area contributed by atoms with Crippen molar-refractivity contribution in [2.75, 3.05) is 19.0 Å². The molecule has 0 aliphatic carbocycles. The van der Waals surface area contributed by atoms with Crippen LogP contribution in [0.15, 0.2) is 36.7 Å². The van der Waals surface area contributed by atoms with Gasteiger partial charge in [-0.05, 0) is 18.9 Å². The molecule has 0 aliphatic rings. The summed E-state index contributed by atoms with van der Waals surface area (Å²) in [6.45, 7) is 4.90. The molecule has 1 atom stereocenters. The van der Waals surface area contributed by atoms with E-state index in [1.807, 2.05) is 37.3 Å². The van der Waals surface area contributed by atoms with Gasteiger partial charge in [-0.25, -0.2) is 4.98 Å². The molecule has 1 unspecified atom stereocenters. The highest BCUT2D eigenvalue weighted by Gasteiger charge is 2.16. The minimum atomic E-state index is -0.117. The van der Waals surface area contributed by atoms with Crippen molar-refractivity contribution in [2.45, 2.75) is 26.4 Å². The third-order valence-corrected chi connectivity index (χ3v) is 3.08. The van der Waals surface area contributed by atoms with Crippen LogP contribution in [0.5, 0.6) is 11.6 Å². The number of ether oxygens (including phenoxy) is 2. The Bertz CT molecular complexity index is 561. The molecule has 1 aromatic carbocycles. The van der Waals surface area contributed by atoms with Gasteiger partial charge in [-0.1, -0.05) is 37.3 Å². The average Bonchev–Trinajstić information content (AvgIpc) is 2.53. The van der Waals surface area contributed by atoms with Crippen LogP contribution >= 0.6 is 0 Å². The number of nitrogens with one attached hydrogen (secondary N) is 1. The van der Waals surface area contributed by atoms with Gasteiger partial charge in [-0.3, -0.25) is 0 Å². The number of rotatable bonds is 7. The normalized spacial score (nSPS) is 11.8. The topological polar surface area (TPSA) is 56.3 Å². The molecule has 0 radical (unpaired) electrons. The van der Waals surface area contributed by atoms with Crippen LogP contribution in [-0.2, 0) is 0 Å². The first kappa shape index (κ1) is 15.1. The maximum Gasteiger partial charge on any atom is 0.263 e. The van der Waals surface area contributed by atoms with Crippen LogP contribution in [0.1, 0.15) is 31.9 Å². The predicted octanol–water partition coefficient (Wildman–Crippen LogP) is 3.45. The lowest BCUT2D eigenvalue weighted by Gasteiger charge is -2.17. The van der Waals surface area contributed by atoms with E-state index in [9.17, 15) is 0 Å². The van der Waals surface area contributed by atoms with Gasteiger partial charge in [0.15, 0.2) is 5.82 Å². The summed E-state index contributed by atoms with van der Waals surface area (Å²) >= 11 is 0. The van der Waals surface area contributed by atoms with E-state index in [4.69, 9.17) is 9.47 Å². The van der Waals surface area contributed by atoms with Gasteiger partial charge in [0.2, 0.25) is 5.75 Å². The number of nitrogens with zero attached hydrogens (tertiary/aromatic N) is 2. The molecule has 0 spiro atoms. The highest BCUT2D eigenvalue weighted by molar-refractivity contribution is 5.55. The fourth-order valence-corrected chi connectivity index (χ4v) is 1.95. The second kappa shape index (κ2) is 7.47. The number of benzene rings is 1. The highest BCUT2D eigenvalue weighted by Crippen LogP contribution is 2.33. The Hall–Kier alpha value is -2.30. The van der Waals surface area contributed by atoms with Crippen molar-refractivity contribution in [3.05, 3.63) is 42.2 Å². The largest absolute Gasteiger partial charge is 0.489 e. The van der Waals surface area contributed by atoms with Crippen molar-refractivity contribution >= 4 is 5.82 Å². The van der Waals surface area contributed by atoms with Gasteiger partial charge < -0.3 is 14.8 Å². The Morgan fingerprint density at radius 3 is 2.62 bits per heavy atom. The fourth-order valence-electron chi connectivity index (χ4n) is 1.95. The zero-order valence-corrected chi connectivity index (χ0v) is 12.7. The third-order valence-electron chi connectivity index (χ3n) is 3.08. The number of methoxy groups -OCH3 is 1. The van der Waals surface area contributed by atoms with E-state index in [1.165, 1.54) is 6.33 Å². The summed E-state index contributed by atoms with van der Waals surface area (Å²) in [5.41, 5.74) is 1.08. The van der Waals surface area contributed by atoms with Crippen molar-refractivity contribution in [1.29, 1.82) is 0 Å².